The van der Waals surface area contributed by atoms with E-state index in [1.54, 1.807) is 0 Å². The summed E-state index contributed by atoms with van der Waals surface area (Å²) in [4.78, 5) is 0. The van der Waals surface area contributed by atoms with Gasteiger partial charge in [0.15, 0.2) is 0 Å². The van der Waals surface area contributed by atoms with Crippen LogP contribution in [-0.2, 0) is 4.52 Å². The van der Waals surface area contributed by atoms with Gasteiger partial charge < -0.3 is 4.52 Å². The molecule has 0 fully saturated rings. The van der Waals surface area contributed by atoms with Gasteiger partial charge in [0.25, 0.3) is 0 Å². The van der Waals surface area contributed by atoms with Crippen LogP contribution in [0.5, 0.6) is 0 Å². The van der Waals surface area contributed by atoms with Gasteiger partial charge in [-0.15, -0.1) is 0 Å². The first-order chi connectivity index (χ1) is 4.93. The van der Waals surface area contributed by atoms with E-state index in [1.165, 1.54) is 5.57 Å². The van der Waals surface area contributed by atoms with Crippen molar-refractivity contribution in [2.45, 2.75) is 20.3 Å². The van der Waals surface area contributed by atoms with Gasteiger partial charge >= 0.3 is 0 Å². The summed E-state index contributed by atoms with van der Waals surface area (Å²) in [5.41, 5.74) is 1.35. The molecule has 0 saturated heterocycles. The van der Waals surface area contributed by atoms with Crippen molar-refractivity contribution < 1.29 is 4.52 Å². The number of hydrogen-bond acceptors (Lipinski definition) is 1. The predicted octanol–water partition coefficient (Wildman–Crippen LogP) is 2.71. The highest BCUT2D eigenvalue weighted by Crippen LogP contribution is 2.10. The molecular weight excluding hydrogens is 143 g/mol. The third-order valence-corrected chi connectivity index (χ3v) is 1.28. The highest BCUT2D eigenvalue weighted by atomic mass is 31.0. The van der Waals surface area contributed by atoms with E-state index in [0.717, 1.165) is 13.0 Å². The molecule has 1 nitrogen and oxygen atoms in total. The van der Waals surface area contributed by atoms with Gasteiger partial charge in [0, 0.05) is 9.47 Å². The van der Waals surface area contributed by atoms with Crippen LogP contribution in [0.4, 0.5) is 0 Å². The molecule has 1 aliphatic carbocycles. The zero-order chi connectivity index (χ0) is 7.82. The fraction of sp³-hybridized carbons (Fsp3) is 0.500. The fourth-order valence-electron chi connectivity index (χ4n) is 0.706. The highest BCUT2D eigenvalue weighted by molar-refractivity contribution is 7.09. The summed E-state index contributed by atoms with van der Waals surface area (Å²) in [6, 6.07) is 0. The van der Waals surface area contributed by atoms with Crippen molar-refractivity contribution in [1.29, 1.82) is 0 Å². The Labute approximate surface area is 65.4 Å². The molecule has 0 spiro atoms. The molecule has 0 saturated carbocycles. The van der Waals surface area contributed by atoms with Gasteiger partial charge in [-0.2, -0.15) is 0 Å². The molecule has 0 radical (unpaired) electrons. The molecule has 58 valence electrons. The summed E-state index contributed by atoms with van der Waals surface area (Å²) in [6.07, 6.45) is 7.33. The van der Waals surface area contributed by atoms with Crippen molar-refractivity contribution in [3.05, 3.63) is 23.8 Å². The van der Waals surface area contributed by atoms with E-state index in [0.29, 0.717) is 0 Å². The molecule has 1 rings (SSSR count). The molecular formula is C8H15OP. The van der Waals surface area contributed by atoms with Crippen LogP contribution in [0.15, 0.2) is 23.8 Å². The normalized spacial score (nSPS) is 14.1. The molecule has 0 bridgehead atoms. The molecule has 0 aromatic heterocycles. The van der Waals surface area contributed by atoms with Gasteiger partial charge in [-0.05, 0) is 12.0 Å². The van der Waals surface area contributed by atoms with Gasteiger partial charge in [0.05, 0.1) is 6.61 Å². The van der Waals surface area contributed by atoms with E-state index in [2.05, 4.69) is 27.7 Å². The van der Waals surface area contributed by atoms with Crippen LogP contribution >= 0.6 is 9.47 Å². The van der Waals surface area contributed by atoms with Crippen molar-refractivity contribution in [2.75, 3.05) is 6.61 Å². The van der Waals surface area contributed by atoms with Gasteiger partial charge in [0.1, 0.15) is 0 Å². The van der Waals surface area contributed by atoms with Crippen molar-refractivity contribution in [3.8, 4) is 0 Å². The Morgan fingerprint density at radius 2 is 2.30 bits per heavy atom. The molecule has 0 amide bonds. The molecule has 0 heterocycles. The van der Waals surface area contributed by atoms with E-state index >= 15 is 0 Å². The molecule has 1 atom stereocenters. The number of hydrogen-bond donors (Lipinski definition) is 0. The first kappa shape index (κ1) is 9.87. The van der Waals surface area contributed by atoms with E-state index in [-0.39, 0.29) is 0 Å². The standard InChI is InChI=1S/C6H9OP.C2H6/c8-7-5-6-3-1-2-4-6;1-2/h1-3H,4-5,8H2;1-2H3. The van der Waals surface area contributed by atoms with Crippen LogP contribution in [0, 0.1) is 0 Å². The number of allylic oxidation sites excluding steroid dienone is 3. The summed E-state index contributed by atoms with van der Waals surface area (Å²) in [5, 5.41) is 0. The zero-order valence-corrected chi connectivity index (χ0v) is 7.79. The third-order valence-electron chi connectivity index (χ3n) is 1.12. The van der Waals surface area contributed by atoms with Crippen molar-refractivity contribution in [1.82, 2.24) is 0 Å². The maximum absolute atomic E-state index is 4.83. The van der Waals surface area contributed by atoms with Crippen LogP contribution in [0.25, 0.3) is 0 Å². The molecule has 0 aliphatic heterocycles. The minimum Gasteiger partial charge on any atom is -0.361 e. The molecule has 0 aromatic carbocycles. The minimum absolute atomic E-state index is 0.748. The molecule has 10 heavy (non-hydrogen) atoms. The van der Waals surface area contributed by atoms with Gasteiger partial charge in [-0.25, -0.2) is 0 Å². The van der Waals surface area contributed by atoms with Crippen LogP contribution in [-0.4, -0.2) is 6.61 Å². The second-order valence-corrected chi connectivity index (χ2v) is 2.10. The monoisotopic (exact) mass is 158 g/mol. The molecule has 1 unspecified atom stereocenters. The lowest BCUT2D eigenvalue weighted by atomic mass is 10.3. The molecule has 2 heteroatoms. The summed E-state index contributed by atoms with van der Waals surface area (Å²) in [7, 11) is 2.24. The Kier molecular flexibility index (Phi) is 6.89. The highest BCUT2D eigenvalue weighted by Gasteiger charge is 1.95. The first-order valence-corrected chi connectivity index (χ1v) is 4.07. The maximum atomic E-state index is 4.83. The first-order valence-electron chi connectivity index (χ1n) is 3.60. The summed E-state index contributed by atoms with van der Waals surface area (Å²) in [5.74, 6) is 0. The largest absolute Gasteiger partial charge is 0.361 e. The topological polar surface area (TPSA) is 9.23 Å². The summed E-state index contributed by atoms with van der Waals surface area (Å²) in [6.45, 7) is 4.75. The minimum atomic E-state index is 0.748. The van der Waals surface area contributed by atoms with Gasteiger partial charge in [0.2, 0.25) is 0 Å². The smallest absolute Gasteiger partial charge is 0.0718 e. The predicted molar refractivity (Wildman–Crippen MR) is 48.9 cm³/mol. The molecule has 0 aromatic rings. The van der Waals surface area contributed by atoms with Gasteiger partial charge in [-0.1, -0.05) is 32.1 Å². The van der Waals surface area contributed by atoms with Gasteiger partial charge in [-0.3, -0.25) is 0 Å². The lowest BCUT2D eigenvalue weighted by Gasteiger charge is -1.95. The second-order valence-electron chi connectivity index (χ2n) is 1.77. The lowest BCUT2D eigenvalue weighted by molar-refractivity contribution is 0.411. The number of rotatable bonds is 2. The quantitative estimate of drug-likeness (QED) is 0.561. The lowest BCUT2D eigenvalue weighted by Crippen LogP contribution is -1.85. The van der Waals surface area contributed by atoms with E-state index in [9.17, 15) is 0 Å². The van der Waals surface area contributed by atoms with Crippen LogP contribution in [0.2, 0.25) is 0 Å². The second kappa shape index (κ2) is 6.98. The van der Waals surface area contributed by atoms with E-state index in [1.807, 2.05) is 13.8 Å². The average Bonchev–Trinajstić information content (AvgIpc) is 2.46. The van der Waals surface area contributed by atoms with Crippen molar-refractivity contribution >= 4 is 9.47 Å². The Morgan fingerprint density at radius 3 is 2.70 bits per heavy atom. The SMILES string of the molecule is CC.POCC1=CC=CC1. The molecule has 0 N–H and O–H groups in total. The van der Waals surface area contributed by atoms with Crippen LogP contribution in [0.1, 0.15) is 20.3 Å². The maximum Gasteiger partial charge on any atom is 0.0718 e. The molecule has 1 aliphatic rings. The summed E-state index contributed by atoms with van der Waals surface area (Å²) < 4.78 is 4.83. The Hall–Kier alpha value is -0.130. The van der Waals surface area contributed by atoms with Crippen molar-refractivity contribution in [2.24, 2.45) is 0 Å². The van der Waals surface area contributed by atoms with Crippen LogP contribution < -0.4 is 0 Å². The summed E-state index contributed by atoms with van der Waals surface area (Å²) >= 11 is 0. The third kappa shape index (κ3) is 3.81. The Bertz CT molecular complexity index is 127. The Balaban J connectivity index is 0.000000371. The van der Waals surface area contributed by atoms with E-state index in [4.69, 9.17) is 4.52 Å². The van der Waals surface area contributed by atoms with Crippen molar-refractivity contribution in [3.63, 3.8) is 0 Å². The average molecular weight is 158 g/mol. The Morgan fingerprint density at radius 1 is 1.60 bits per heavy atom. The van der Waals surface area contributed by atoms with E-state index < -0.39 is 0 Å². The zero-order valence-electron chi connectivity index (χ0n) is 6.63. The fourth-order valence-corrected chi connectivity index (χ4v) is 0.920. The van der Waals surface area contributed by atoms with Crippen LogP contribution in [0.3, 0.4) is 0 Å².